The first-order valence-corrected chi connectivity index (χ1v) is 5.24. The third-order valence-electron chi connectivity index (χ3n) is 3.13. The van der Waals surface area contributed by atoms with Gasteiger partial charge in [0.25, 0.3) is 0 Å². The van der Waals surface area contributed by atoms with Crippen molar-refractivity contribution < 1.29 is 14.6 Å². The van der Waals surface area contributed by atoms with E-state index >= 15 is 0 Å². The van der Waals surface area contributed by atoms with Crippen LogP contribution in [-0.2, 0) is 16.1 Å². The van der Waals surface area contributed by atoms with E-state index in [-0.39, 0.29) is 6.54 Å². The quantitative estimate of drug-likeness (QED) is 0.613. The number of carboxylic acid groups (broad SMARTS) is 1. The minimum Gasteiger partial charge on any atom is -0.481 e. The number of carboxylic acids is 1. The average Bonchev–Trinajstić information content (AvgIpc) is 2.62. The highest BCUT2D eigenvalue weighted by Crippen LogP contribution is 2.31. The molecule has 2 heterocycles. The van der Waals surface area contributed by atoms with Gasteiger partial charge in [0.15, 0.2) is 0 Å². The largest absolute Gasteiger partial charge is 0.481 e. The van der Waals surface area contributed by atoms with Gasteiger partial charge in [0.2, 0.25) is 0 Å². The molecule has 94 valence electrons. The van der Waals surface area contributed by atoms with Gasteiger partial charge in [0.1, 0.15) is 0 Å². The van der Waals surface area contributed by atoms with Crippen molar-refractivity contribution in [3.8, 4) is 0 Å². The summed E-state index contributed by atoms with van der Waals surface area (Å²) in [5.74, 6) is -1.01. The van der Waals surface area contributed by atoms with Gasteiger partial charge in [-0.1, -0.05) is 0 Å². The summed E-state index contributed by atoms with van der Waals surface area (Å²) in [6.45, 7) is 0.510. The second-order valence-corrected chi connectivity index (χ2v) is 4.14. The maximum absolute atomic E-state index is 11.3. The average molecular weight is 243 g/mol. The van der Waals surface area contributed by atoms with E-state index in [1.807, 2.05) is 0 Å². The Hall–Kier alpha value is -1.83. The van der Waals surface area contributed by atoms with E-state index in [4.69, 9.17) is 4.74 Å². The van der Waals surface area contributed by atoms with Crippen molar-refractivity contribution in [2.45, 2.75) is 19.4 Å². The molecule has 0 bridgehead atoms. The topological polar surface area (TPSA) is 117 Å². The van der Waals surface area contributed by atoms with Gasteiger partial charge in [-0.05, 0) is 12.8 Å². The summed E-state index contributed by atoms with van der Waals surface area (Å²) in [6, 6.07) is 0. The van der Waals surface area contributed by atoms with E-state index in [1.165, 1.54) is 0 Å². The van der Waals surface area contributed by atoms with Crippen molar-refractivity contribution in [1.29, 1.82) is 0 Å². The van der Waals surface area contributed by atoms with Crippen molar-refractivity contribution >= 4 is 5.97 Å². The van der Waals surface area contributed by atoms with Crippen molar-refractivity contribution in [3.63, 3.8) is 0 Å². The van der Waals surface area contributed by atoms with Gasteiger partial charge in [0.05, 0.1) is 5.41 Å². The summed E-state index contributed by atoms with van der Waals surface area (Å²) in [5.41, 5.74) is -2.35. The fourth-order valence-corrected chi connectivity index (χ4v) is 1.98. The van der Waals surface area contributed by atoms with Crippen LogP contribution in [0.4, 0.5) is 0 Å². The maximum atomic E-state index is 11.3. The van der Waals surface area contributed by atoms with Gasteiger partial charge in [-0.3, -0.25) is 4.79 Å². The normalized spacial score (nSPS) is 19.1. The number of aliphatic carboxylic acids is 1. The van der Waals surface area contributed by atoms with Crippen LogP contribution in [0.3, 0.4) is 0 Å². The van der Waals surface area contributed by atoms with Crippen LogP contribution in [0.1, 0.15) is 12.8 Å². The number of aromatic amines is 2. The fraction of sp³-hybridized carbons (Fsp3) is 0.667. The molecule has 8 heteroatoms. The van der Waals surface area contributed by atoms with Crippen LogP contribution in [0.15, 0.2) is 9.59 Å². The molecule has 8 nitrogen and oxygen atoms in total. The van der Waals surface area contributed by atoms with E-state index in [0.29, 0.717) is 26.1 Å². The summed E-state index contributed by atoms with van der Waals surface area (Å²) < 4.78 is 5.98. The first-order valence-electron chi connectivity index (χ1n) is 5.24. The summed E-state index contributed by atoms with van der Waals surface area (Å²) in [4.78, 5) is 34.0. The SMILES string of the molecule is O=C(O)C1(Cn2c(=O)[nH][nH]c2=O)CCOCC1. The second-order valence-electron chi connectivity index (χ2n) is 4.14. The maximum Gasteiger partial charge on any atom is 0.344 e. The molecule has 3 N–H and O–H groups in total. The molecule has 0 aliphatic carbocycles. The predicted octanol–water partition coefficient (Wildman–Crippen LogP) is -1.25. The third-order valence-corrected chi connectivity index (χ3v) is 3.13. The molecular weight excluding hydrogens is 230 g/mol. The lowest BCUT2D eigenvalue weighted by Crippen LogP contribution is -2.44. The number of H-pyrrole nitrogens is 2. The number of ether oxygens (including phenoxy) is 1. The minimum atomic E-state index is -1.10. The van der Waals surface area contributed by atoms with E-state index < -0.39 is 22.8 Å². The molecule has 1 fully saturated rings. The highest BCUT2D eigenvalue weighted by molar-refractivity contribution is 5.74. The molecule has 17 heavy (non-hydrogen) atoms. The number of hydrogen-bond donors (Lipinski definition) is 3. The summed E-state index contributed by atoms with van der Waals surface area (Å²) in [6.07, 6.45) is 0.582. The van der Waals surface area contributed by atoms with Crippen molar-refractivity contribution in [2.24, 2.45) is 5.41 Å². The van der Waals surface area contributed by atoms with Gasteiger partial charge >= 0.3 is 17.3 Å². The van der Waals surface area contributed by atoms with Crippen LogP contribution >= 0.6 is 0 Å². The first-order chi connectivity index (χ1) is 8.05. The Morgan fingerprint density at radius 1 is 1.29 bits per heavy atom. The first kappa shape index (κ1) is 11.6. The molecule has 0 atom stereocenters. The number of hydrogen-bond acceptors (Lipinski definition) is 4. The summed E-state index contributed by atoms with van der Waals surface area (Å²) in [5, 5.41) is 13.5. The van der Waals surface area contributed by atoms with Gasteiger partial charge in [-0.25, -0.2) is 24.4 Å². The molecule has 0 amide bonds. The van der Waals surface area contributed by atoms with Crippen molar-refractivity contribution in [2.75, 3.05) is 13.2 Å². The number of nitrogens with one attached hydrogen (secondary N) is 2. The van der Waals surface area contributed by atoms with E-state index in [1.54, 1.807) is 0 Å². The molecule has 1 aromatic rings. The van der Waals surface area contributed by atoms with Crippen LogP contribution in [-0.4, -0.2) is 39.1 Å². The molecule has 0 spiro atoms. The lowest BCUT2D eigenvalue weighted by Gasteiger charge is -2.32. The van der Waals surface area contributed by atoms with Crippen molar-refractivity contribution in [3.05, 3.63) is 21.0 Å². The van der Waals surface area contributed by atoms with Gasteiger partial charge < -0.3 is 9.84 Å². The van der Waals surface area contributed by atoms with Crippen molar-refractivity contribution in [1.82, 2.24) is 14.8 Å². The number of nitrogens with zero attached hydrogens (tertiary/aromatic N) is 1. The Morgan fingerprint density at radius 3 is 2.29 bits per heavy atom. The molecule has 0 unspecified atom stereocenters. The molecule has 1 aliphatic heterocycles. The molecule has 0 saturated carbocycles. The Kier molecular flexibility index (Phi) is 2.88. The van der Waals surface area contributed by atoms with Crippen LogP contribution < -0.4 is 11.4 Å². The zero-order valence-corrected chi connectivity index (χ0v) is 9.06. The molecule has 0 aromatic carbocycles. The highest BCUT2D eigenvalue weighted by atomic mass is 16.5. The van der Waals surface area contributed by atoms with Crippen LogP contribution in [0.25, 0.3) is 0 Å². The van der Waals surface area contributed by atoms with Crippen LogP contribution in [0.5, 0.6) is 0 Å². The summed E-state index contributed by atoms with van der Waals surface area (Å²) in [7, 11) is 0. The molecular formula is C9H13N3O5. The van der Waals surface area contributed by atoms with Crippen LogP contribution in [0.2, 0.25) is 0 Å². The number of carbonyl (C=O) groups is 1. The lowest BCUT2D eigenvalue weighted by atomic mass is 9.80. The predicted molar refractivity (Wildman–Crippen MR) is 55.8 cm³/mol. The molecule has 0 radical (unpaired) electrons. The zero-order chi connectivity index (χ0) is 12.5. The van der Waals surface area contributed by atoms with E-state index in [2.05, 4.69) is 10.2 Å². The van der Waals surface area contributed by atoms with Crippen LogP contribution in [0, 0.1) is 5.41 Å². The second kappa shape index (κ2) is 4.21. The number of rotatable bonds is 3. The van der Waals surface area contributed by atoms with Gasteiger partial charge in [-0.15, -0.1) is 0 Å². The zero-order valence-electron chi connectivity index (χ0n) is 9.06. The monoisotopic (exact) mass is 243 g/mol. The Bertz CT molecular complexity index is 492. The Balaban J connectivity index is 2.33. The standard InChI is InChI=1S/C9H13N3O5/c13-6(14)9(1-3-17-4-2-9)5-12-7(15)10-11-8(12)16/h1-5H2,(H,10,15)(H,11,16)(H,13,14). The minimum absolute atomic E-state index is 0.136. The molecule has 1 aliphatic rings. The van der Waals surface area contributed by atoms with Gasteiger partial charge in [-0.2, -0.15) is 0 Å². The molecule has 1 saturated heterocycles. The Morgan fingerprint density at radius 2 is 1.82 bits per heavy atom. The Labute approximate surface area is 95.2 Å². The van der Waals surface area contributed by atoms with E-state index in [0.717, 1.165) is 4.57 Å². The molecule has 1 aromatic heterocycles. The fourth-order valence-electron chi connectivity index (χ4n) is 1.98. The summed E-state index contributed by atoms with van der Waals surface area (Å²) >= 11 is 0. The lowest BCUT2D eigenvalue weighted by molar-refractivity contribution is -0.156. The van der Waals surface area contributed by atoms with E-state index in [9.17, 15) is 19.5 Å². The third kappa shape index (κ3) is 2.03. The highest BCUT2D eigenvalue weighted by Gasteiger charge is 2.41. The molecule has 2 rings (SSSR count). The number of aromatic nitrogens is 3. The van der Waals surface area contributed by atoms with Gasteiger partial charge in [0, 0.05) is 19.8 Å². The smallest absolute Gasteiger partial charge is 0.344 e.